The Balaban J connectivity index is 1.76. The number of halogens is 4. The molecule has 136 valence electrons. The van der Waals surface area contributed by atoms with Gasteiger partial charge in [0, 0.05) is 0 Å². The minimum atomic E-state index is -4.45. The molecule has 0 heterocycles. The highest BCUT2D eigenvalue weighted by atomic mass is 19.3. The van der Waals surface area contributed by atoms with E-state index in [9.17, 15) is 17.6 Å². The summed E-state index contributed by atoms with van der Waals surface area (Å²) in [6.07, 6.45) is 1.45. The molecule has 0 saturated heterocycles. The first-order valence-electron chi connectivity index (χ1n) is 8.84. The largest absolute Gasteiger partial charge is 0.461 e. The van der Waals surface area contributed by atoms with Crippen LogP contribution in [0.3, 0.4) is 0 Å². The highest BCUT2D eigenvalue weighted by Gasteiger charge is 2.43. The molecule has 1 aromatic rings. The molecule has 1 saturated carbocycles. The number of rotatable bonds is 8. The highest BCUT2D eigenvalue weighted by molar-refractivity contribution is 5.27. The molecule has 0 aromatic heterocycles. The van der Waals surface area contributed by atoms with Gasteiger partial charge in [0.25, 0.3) is 0 Å². The Morgan fingerprint density at radius 2 is 1.54 bits per heavy atom. The lowest BCUT2D eigenvalue weighted by atomic mass is 9.78. The monoisotopic (exact) mass is 346 g/mol. The predicted molar refractivity (Wildman–Crippen MR) is 86.7 cm³/mol. The fourth-order valence-electron chi connectivity index (χ4n) is 3.51. The van der Waals surface area contributed by atoms with Crippen molar-refractivity contribution in [2.45, 2.75) is 70.8 Å². The molecule has 1 aliphatic rings. The summed E-state index contributed by atoms with van der Waals surface area (Å²) in [5.41, 5.74) is 1.03. The third-order valence-corrected chi connectivity index (χ3v) is 4.94. The van der Waals surface area contributed by atoms with Crippen LogP contribution in [-0.2, 0) is 6.42 Å². The van der Waals surface area contributed by atoms with Crippen LogP contribution in [0.2, 0.25) is 0 Å². The second-order valence-corrected chi connectivity index (χ2v) is 6.82. The van der Waals surface area contributed by atoms with Crippen molar-refractivity contribution in [3.05, 3.63) is 29.8 Å². The van der Waals surface area contributed by atoms with Gasteiger partial charge in [-0.05, 0) is 42.4 Å². The number of ether oxygens (including phenoxy) is 1. The van der Waals surface area contributed by atoms with E-state index < -0.39 is 12.5 Å². The summed E-state index contributed by atoms with van der Waals surface area (Å²) in [4.78, 5) is 0. The lowest BCUT2D eigenvalue weighted by molar-refractivity contribution is -0.253. The zero-order valence-corrected chi connectivity index (χ0v) is 14.1. The van der Waals surface area contributed by atoms with Crippen LogP contribution in [0.4, 0.5) is 17.6 Å². The number of alkyl halides is 4. The molecule has 1 nitrogen and oxygen atoms in total. The van der Waals surface area contributed by atoms with Gasteiger partial charge in [0.2, 0.25) is 0 Å². The van der Waals surface area contributed by atoms with Crippen molar-refractivity contribution in [3.8, 4) is 5.75 Å². The zero-order chi connectivity index (χ0) is 17.6. The van der Waals surface area contributed by atoms with Gasteiger partial charge in [0.15, 0.2) is 0 Å². The van der Waals surface area contributed by atoms with Crippen LogP contribution in [0.1, 0.15) is 57.4 Å². The first-order valence-corrected chi connectivity index (χ1v) is 8.84. The molecule has 0 amide bonds. The quantitative estimate of drug-likeness (QED) is 0.491. The minimum Gasteiger partial charge on any atom is -0.428 e. The van der Waals surface area contributed by atoms with E-state index >= 15 is 0 Å². The second-order valence-electron chi connectivity index (χ2n) is 6.82. The third-order valence-electron chi connectivity index (χ3n) is 4.94. The van der Waals surface area contributed by atoms with Gasteiger partial charge in [0.1, 0.15) is 5.75 Å². The molecule has 0 spiro atoms. The normalized spacial score (nSPS) is 21.9. The van der Waals surface area contributed by atoms with E-state index in [2.05, 4.69) is 11.7 Å². The van der Waals surface area contributed by atoms with Gasteiger partial charge in [-0.15, -0.1) is 0 Å². The molecular formula is C19H26F4O. The fourth-order valence-corrected chi connectivity index (χ4v) is 3.51. The zero-order valence-electron chi connectivity index (χ0n) is 14.1. The van der Waals surface area contributed by atoms with Crippen LogP contribution in [0.15, 0.2) is 24.3 Å². The first kappa shape index (κ1) is 19.1. The lowest BCUT2D eigenvalue weighted by Gasteiger charge is -2.28. The molecule has 0 bridgehead atoms. The molecule has 24 heavy (non-hydrogen) atoms. The van der Waals surface area contributed by atoms with E-state index in [-0.39, 0.29) is 5.75 Å². The van der Waals surface area contributed by atoms with Gasteiger partial charge >= 0.3 is 12.5 Å². The van der Waals surface area contributed by atoms with E-state index in [4.69, 9.17) is 0 Å². The van der Waals surface area contributed by atoms with Crippen molar-refractivity contribution in [2.75, 3.05) is 0 Å². The summed E-state index contributed by atoms with van der Waals surface area (Å²) in [7, 11) is 0. The molecule has 1 aromatic carbocycles. The topological polar surface area (TPSA) is 9.23 Å². The smallest absolute Gasteiger partial charge is 0.428 e. The van der Waals surface area contributed by atoms with Gasteiger partial charge in [-0.3, -0.25) is 0 Å². The SMILES string of the molecule is CCCC1CCC(CCc2ccc(OC(F)(F)C(F)F)cc2)CC1. The van der Waals surface area contributed by atoms with Crippen molar-refractivity contribution >= 4 is 0 Å². The van der Waals surface area contributed by atoms with E-state index in [1.54, 1.807) is 12.1 Å². The highest BCUT2D eigenvalue weighted by Crippen LogP contribution is 2.34. The van der Waals surface area contributed by atoms with E-state index in [0.717, 1.165) is 30.2 Å². The van der Waals surface area contributed by atoms with Crippen molar-refractivity contribution in [2.24, 2.45) is 11.8 Å². The average Bonchev–Trinajstić information content (AvgIpc) is 2.55. The minimum absolute atomic E-state index is 0.232. The molecule has 0 N–H and O–H groups in total. The maximum atomic E-state index is 12.8. The van der Waals surface area contributed by atoms with E-state index in [1.165, 1.54) is 50.7 Å². The molecular weight excluding hydrogens is 320 g/mol. The van der Waals surface area contributed by atoms with Crippen LogP contribution in [0, 0.1) is 11.8 Å². The molecule has 5 heteroatoms. The van der Waals surface area contributed by atoms with Crippen LogP contribution >= 0.6 is 0 Å². The lowest BCUT2D eigenvalue weighted by Crippen LogP contribution is -2.33. The molecule has 1 fully saturated rings. The van der Waals surface area contributed by atoms with Gasteiger partial charge in [-0.1, -0.05) is 57.6 Å². The van der Waals surface area contributed by atoms with Crippen LogP contribution in [0.5, 0.6) is 5.75 Å². The van der Waals surface area contributed by atoms with Crippen molar-refractivity contribution < 1.29 is 22.3 Å². The molecule has 0 atom stereocenters. The van der Waals surface area contributed by atoms with Gasteiger partial charge in [-0.2, -0.15) is 17.6 Å². The maximum Gasteiger partial charge on any atom is 0.461 e. The Hall–Kier alpha value is -1.26. The summed E-state index contributed by atoms with van der Waals surface area (Å²) in [5, 5.41) is 0. The molecule has 0 aliphatic heterocycles. The van der Waals surface area contributed by atoms with Crippen molar-refractivity contribution in [3.63, 3.8) is 0 Å². The Labute approximate surface area is 141 Å². The summed E-state index contributed by atoms with van der Waals surface area (Å²) in [5.74, 6) is 1.39. The number of hydrogen-bond donors (Lipinski definition) is 0. The maximum absolute atomic E-state index is 12.8. The average molecular weight is 346 g/mol. The second kappa shape index (κ2) is 8.72. The van der Waals surface area contributed by atoms with Gasteiger partial charge in [-0.25, -0.2) is 0 Å². The van der Waals surface area contributed by atoms with E-state index in [1.807, 2.05) is 0 Å². The molecule has 1 aliphatic carbocycles. The summed E-state index contributed by atoms with van der Waals surface area (Å²) in [6.45, 7) is 2.23. The summed E-state index contributed by atoms with van der Waals surface area (Å²) < 4.78 is 53.9. The van der Waals surface area contributed by atoms with Crippen LogP contribution in [0.25, 0.3) is 0 Å². The standard InChI is InChI=1S/C19H26F4O/c1-2-3-14-4-6-15(7-5-14)8-9-16-10-12-17(13-11-16)24-19(22,23)18(20)21/h10-15,18H,2-9H2,1H3. The Bertz CT molecular complexity index is 479. The van der Waals surface area contributed by atoms with Crippen LogP contribution < -0.4 is 4.74 Å². The number of benzene rings is 1. The van der Waals surface area contributed by atoms with Crippen molar-refractivity contribution in [1.29, 1.82) is 0 Å². The molecule has 0 unspecified atom stereocenters. The fraction of sp³-hybridized carbons (Fsp3) is 0.684. The number of aryl methyl sites for hydroxylation is 1. The van der Waals surface area contributed by atoms with Crippen LogP contribution in [-0.4, -0.2) is 12.5 Å². The summed E-state index contributed by atoms with van der Waals surface area (Å²) >= 11 is 0. The Morgan fingerprint density at radius 1 is 1.00 bits per heavy atom. The van der Waals surface area contributed by atoms with Crippen molar-refractivity contribution in [1.82, 2.24) is 0 Å². The number of hydrogen-bond acceptors (Lipinski definition) is 1. The third kappa shape index (κ3) is 5.67. The first-order chi connectivity index (χ1) is 11.4. The Morgan fingerprint density at radius 3 is 2.04 bits per heavy atom. The Kier molecular flexibility index (Phi) is 6.93. The predicted octanol–water partition coefficient (Wildman–Crippen LogP) is 6.46. The molecule has 2 rings (SSSR count). The molecule has 0 radical (unpaired) electrons. The van der Waals surface area contributed by atoms with Gasteiger partial charge in [0.05, 0.1) is 0 Å². The summed E-state index contributed by atoms with van der Waals surface area (Å²) in [6, 6.07) is 6.03. The van der Waals surface area contributed by atoms with Gasteiger partial charge < -0.3 is 4.74 Å². The van der Waals surface area contributed by atoms with E-state index in [0.29, 0.717) is 0 Å².